The molecular weight excluding hydrogens is 335 g/mol. The Morgan fingerprint density at radius 1 is 1.43 bits per heavy atom. The van der Waals surface area contributed by atoms with E-state index in [1.165, 1.54) is 0 Å². The lowest BCUT2D eigenvalue weighted by molar-refractivity contribution is -0.127. The Morgan fingerprint density at radius 3 is 2.74 bits per heavy atom. The Hall–Kier alpha value is -1.23. The molecule has 0 aromatic heterocycles. The number of ether oxygens (including phenoxy) is 1. The van der Waals surface area contributed by atoms with Crippen molar-refractivity contribution in [2.24, 2.45) is 5.92 Å². The summed E-state index contributed by atoms with van der Waals surface area (Å²) in [7, 11) is 3.58. The molecular formula is C17H24Cl2N2O2. The van der Waals surface area contributed by atoms with Crippen molar-refractivity contribution in [1.29, 1.82) is 0 Å². The van der Waals surface area contributed by atoms with Crippen molar-refractivity contribution in [3.63, 3.8) is 0 Å². The van der Waals surface area contributed by atoms with Crippen LogP contribution in [0.4, 0.5) is 0 Å². The van der Waals surface area contributed by atoms with Crippen LogP contribution in [0, 0.1) is 5.92 Å². The SMILES string of the molecule is CNCC1CCN(C(=O)/C=C/c2cc(Cl)ccc2OC)CC1.Cl. The van der Waals surface area contributed by atoms with E-state index in [1.54, 1.807) is 37.5 Å². The Bertz CT molecular complexity index is 541. The fourth-order valence-corrected chi connectivity index (χ4v) is 2.93. The van der Waals surface area contributed by atoms with E-state index in [-0.39, 0.29) is 18.3 Å². The minimum absolute atomic E-state index is 0. The summed E-state index contributed by atoms with van der Waals surface area (Å²) in [4.78, 5) is 14.2. The normalized spacial score (nSPS) is 15.5. The second-order valence-corrected chi connectivity index (χ2v) is 5.98. The smallest absolute Gasteiger partial charge is 0.246 e. The average Bonchev–Trinajstić information content (AvgIpc) is 2.54. The van der Waals surface area contributed by atoms with E-state index in [0.717, 1.165) is 38.0 Å². The number of amides is 1. The molecule has 1 heterocycles. The number of likely N-dealkylation sites (tertiary alicyclic amines) is 1. The minimum atomic E-state index is 0. The molecule has 0 atom stereocenters. The maximum atomic E-state index is 12.3. The van der Waals surface area contributed by atoms with Crippen molar-refractivity contribution < 1.29 is 9.53 Å². The molecule has 128 valence electrons. The Kier molecular flexibility index (Phi) is 8.45. The average molecular weight is 359 g/mol. The summed E-state index contributed by atoms with van der Waals surface area (Å²) in [5.41, 5.74) is 0.813. The van der Waals surface area contributed by atoms with Crippen LogP contribution in [0.2, 0.25) is 5.02 Å². The predicted octanol–water partition coefficient (Wildman–Crippen LogP) is 3.24. The summed E-state index contributed by atoms with van der Waals surface area (Å²) in [6, 6.07) is 5.37. The second kappa shape index (κ2) is 9.81. The molecule has 0 bridgehead atoms. The van der Waals surface area contributed by atoms with Crippen LogP contribution in [0.25, 0.3) is 6.08 Å². The van der Waals surface area contributed by atoms with E-state index in [2.05, 4.69) is 5.32 Å². The van der Waals surface area contributed by atoms with Gasteiger partial charge in [0.15, 0.2) is 0 Å². The predicted molar refractivity (Wildman–Crippen MR) is 97.5 cm³/mol. The largest absolute Gasteiger partial charge is 0.496 e. The fraction of sp³-hybridized carbons (Fsp3) is 0.471. The maximum absolute atomic E-state index is 12.3. The topological polar surface area (TPSA) is 41.6 Å². The van der Waals surface area contributed by atoms with Gasteiger partial charge in [-0.05, 0) is 56.6 Å². The third-order valence-corrected chi connectivity index (χ3v) is 4.25. The first-order chi connectivity index (χ1) is 10.6. The highest BCUT2D eigenvalue weighted by Gasteiger charge is 2.20. The summed E-state index contributed by atoms with van der Waals surface area (Å²) in [5, 5.41) is 3.83. The van der Waals surface area contributed by atoms with Crippen LogP contribution >= 0.6 is 24.0 Å². The van der Waals surface area contributed by atoms with Gasteiger partial charge in [-0.15, -0.1) is 12.4 Å². The van der Waals surface area contributed by atoms with Gasteiger partial charge in [-0.25, -0.2) is 0 Å². The molecule has 1 N–H and O–H groups in total. The highest BCUT2D eigenvalue weighted by atomic mass is 35.5. The van der Waals surface area contributed by atoms with E-state index < -0.39 is 0 Å². The Balaban J connectivity index is 0.00000264. The molecule has 6 heteroatoms. The molecule has 0 spiro atoms. The minimum Gasteiger partial charge on any atom is -0.496 e. The summed E-state index contributed by atoms with van der Waals surface area (Å²) in [6.07, 6.45) is 5.49. The van der Waals surface area contributed by atoms with Crippen LogP contribution in [0.5, 0.6) is 5.75 Å². The van der Waals surface area contributed by atoms with Crippen LogP contribution in [-0.4, -0.2) is 44.6 Å². The number of methoxy groups -OCH3 is 1. The van der Waals surface area contributed by atoms with Gasteiger partial charge in [0.05, 0.1) is 7.11 Å². The molecule has 1 aromatic carbocycles. The number of nitrogens with zero attached hydrogens (tertiary/aromatic N) is 1. The molecule has 0 radical (unpaired) electrons. The first kappa shape index (κ1) is 19.8. The Labute approximate surface area is 149 Å². The van der Waals surface area contributed by atoms with Crippen LogP contribution in [0.15, 0.2) is 24.3 Å². The number of nitrogens with one attached hydrogen (secondary N) is 1. The molecule has 23 heavy (non-hydrogen) atoms. The van der Waals surface area contributed by atoms with Crippen LogP contribution in [-0.2, 0) is 4.79 Å². The monoisotopic (exact) mass is 358 g/mol. The van der Waals surface area contributed by atoms with Crippen molar-refractivity contribution >= 4 is 36.0 Å². The molecule has 1 saturated heterocycles. The maximum Gasteiger partial charge on any atom is 0.246 e. The van der Waals surface area contributed by atoms with Gasteiger partial charge in [0, 0.05) is 29.8 Å². The van der Waals surface area contributed by atoms with Crippen LogP contribution in [0.1, 0.15) is 18.4 Å². The number of piperidine rings is 1. The fourth-order valence-electron chi connectivity index (χ4n) is 2.75. The lowest BCUT2D eigenvalue weighted by Crippen LogP contribution is -2.39. The zero-order valence-electron chi connectivity index (χ0n) is 13.5. The second-order valence-electron chi connectivity index (χ2n) is 5.55. The van der Waals surface area contributed by atoms with Gasteiger partial charge >= 0.3 is 0 Å². The molecule has 0 aliphatic carbocycles. The molecule has 1 aliphatic rings. The van der Waals surface area contributed by atoms with E-state index in [4.69, 9.17) is 16.3 Å². The van der Waals surface area contributed by atoms with Crippen LogP contribution < -0.4 is 10.1 Å². The van der Waals surface area contributed by atoms with Gasteiger partial charge in [0.1, 0.15) is 5.75 Å². The highest BCUT2D eigenvalue weighted by Crippen LogP contribution is 2.24. The first-order valence-electron chi connectivity index (χ1n) is 7.59. The Morgan fingerprint density at radius 2 is 2.13 bits per heavy atom. The molecule has 0 unspecified atom stereocenters. The van der Waals surface area contributed by atoms with Crippen molar-refractivity contribution in [3.8, 4) is 5.75 Å². The molecule has 2 rings (SSSR count). The van der Waals surface area contributed by atoms with Gasteiger partial charge in [-0.1, -0.05) is 11.6 Å². The zero-order chi connectivity index (χ0) is 15.9. The third-order valence-electron chi connectivity index (χ3n) is 4.02. The lowest BCUT2D eigenvalue weighted by Gasteiger charge is -2.31. The van der Waals surface area contributed by atoms with Gasteiger partial charge in [-0.2, -0.15) is 0 Å². The first-order valence-corrected chi connectivity index (χ1v) is 7.97. The number of hydrogen-bond donors (Lipinski definition) is 1. The van der Waals surface area contributed by atoms with Crippen LogP contribution in [0.3, 0.4) is 0 Å². The number of rotatable bonds is 5. The number of hydrogen-bond acceptors (Lipinski definition) is 3. The van der Waals surface area contributed by atoms with E-state index in [0.29, 0.717) is 16.7 Å². The number of benzene rings is 1. The van der Waals surface area contributed by atoms with Gasteiger partial charge in [0.25, 0.3) is 0 Å². The lowest BCUT2D eigenvalue weighted by atomic mass is 9.97. The van der Waals surface area contributed by atoms with Gasteiger partial charge in [0.2, 0.25) is 5.91 Å². The van der Waals surface area contributed by atoms with E-state index >= 15 is 0 Å². The van der Waals surface area contributed by atoms with Gasteiger partial charge in [-0.3, -0.25) is 4.79 Å². The third kappa shape index (κ3) is 5.72. The molecule has 1 amide bonds. The van der Waals surface area contributed by atoms with Crippen molar-refractivity contribution in [2.75, 3.05) is 33.8 Å². The molecule has 1 aliphatic heterocycles. The summed E-state index contributed by atoms with van der Waals surface area (Å²) < 4.78 is 5.28. The van der Waals surface area contributed by atoms with Crippen molar-refractivity contribution in [1.82, 2.24) is 10.2 Å². The summed E-state index contributed by atoms with van der Waals surface area (Å²) in [5.74, 6) is 1.43. The van der Waals surface area contributed by atoms with E-state index in [9.17, 15) is 4.79 Å². The molecule has 0 saturated carbocycles. The summed E-state index contributed by atoms with van der Waals surface area (Å²) >= 11 is 5.99. The highest BCUT2D eigenvalue weighted by molar-refractivity contribution is 6.30. The van der Waals surface area contributed by atoms with Crippen molar-refractivity contribution in [2.45, 2.75) is 12.8 Å². The summed E-state index contributed by atoms with van der Waals surface area (Å²) in [6.45, 7) is 2.67. The quantitative estimate of drug-likeness (QED) is 0.821. The van der Waals surface area contributed by atoms with E-state index in [1.807, 2.05) is 11.9 Å². The molecule has 4 nitrogen and oxygen atoms in total. The molecule has 1 aromatic rings. The number of halogens is 2. The van der Waals surface area contributed by atoms with Gasteiger partial charge < -0.3 is 15.0 Å². The number of carbonyl (C=O) groups is 1. The molecule has 1 fully saturated rings. The van der Waals surface area contributed by atoms with Crippen molar-refractivity contribution in [3.05, 3.63) is 34.9 Å². The zero-order valence-corrected chi connectivity index (χ0v) is 15.1. The standard InChI is InChI=1S/C17H23ClN2O2.ClH/c1-19-12-13-7-9-20(10-8-13)17(21)6-3-14-11-15(18)4-5-16(14)22-2;/h3-6,11,13,19H,7-10,12H2,1-2H3;1H/b6-3+;. The number of carbonyl (C=O) groups excluding carboxylic acids is 1.